The number of halogens is 1. The molecule has 1 N–H and O–H groups in total. The van der Waals surface area contributed by atoms with Crippen molar-refractivity contribution < 1.29 is 4.43 Å². The fraction of sp³-hybridized carbons (Fsp3) is 0.636. The van der Waals surface area contributed by atoms with Crippen LogP contribution in [0.5, 0.6) is 0 Å². The molecule has 0 amide bonds. The van der Waals surface area contributed by atoms with E-state index in [1.165, 1.54) is 52.7 Å². The van der Waals surface area contributed by atoms with Gasteiger partial charge in [-0.15, -0.1) is 0 Å². The Balaban J connectivity index is 2.43. The smallest absolute Gasteiger partial charge is 0.191 e. The van der Waals surface area contributed by atoms with Crippen molar-refractivity contribution in [3.8, 4) is 0 Å². The van der Waals surface area contributed by atoms with E-state index < -0.39 is 16.4 Å². The number of hydrogen-bond donors (Lipinski definition) is 1. The first kappa shape index (κ1) is 22.7. The average molecular weight is 424 g/mol. The Morgan fingerprint density at radius 2 is 1.48 bits per heavy atom. The van der Waals surface area contributed by atoms with Gasteiger partial charge in [-0.05, 0) is 48.3 Å². The molecule has 1 aromatic carbocycles. The average Bonchev–Trinajstić information content (AvgIpc) is 3.06. The molecule has 2 nitrogen and oxygen atoms in total. The summed E-state index contributed by atoms with van der Waals surface area (Å²) in [6, 6.07) is 13.8. The zero-order chi connectivity index (χ0) is 20.1. The third-order valence-electron chi connectivity index (χ3n) is 7.12. The molecule has 0 spiro atoms. The van der Waals surface area contributed by atoms with Crippen LogP contribution < -0.4 is 5.32 Å². The van der Waals surface area contributed by atoms with E-state index in [9.17, 15) is 0 Å². The summed E-state index contributed by atoms with van der Waals surface area (Å²) in [5.41, 5.74) is 2.72. The summed E-state index contributed by atoms with van der Waals surface area (Å²) in [4.78, 5) is 3.83. The summed E-state index contributed by atoms with van der Waals surface area (Å²) in [5, 5.41) is 3.68. The van der Waals surface area contributed by atoms with Crippen LogP contribution >= 0.6 is 11.6 Å². The standard InChI is InChI=1S/C22H38ClNOSi2/c1-7-26(8-2,9-3)22-19(15-16-25-27(10-4,11-5)12-6)20-17-18(23)13-14-21(20)24-22/h13-14,17,24H,7-12,15-16H2,1-6H3. The number of H-pyrrole nitrogens is 1. The monoisotopic (exact) mass is 423 g/mol. The van der Waals surface area contributed by atoms with Gasteiger partial charge in [-0.2, -0.15) is 0 Å². The van der Waals surface area contributed by atoms with Gasteiger partial charge in [-0.3, -0.25) is 0 Å². The van der Waals surface area contributed by atoms with E-state index in [0.717, 1.165) is 18.1 Å². The van der Waals surface area contributed by atoms with Crippen molar-refractivity contribution in [2.45, 2.75) is 84.2 Å². The van der Waals surface area contributed by atoms with Crippen LogP contribution in [-0.4, -0.2) is 28.0 Å². The lowest BCUT2D eigenvalue weighted by atomic mass is 10.1. The topological polar surface area (TPSA) is 25.0 Å². The van der Waals surface area contributed by atoms with Crippen molar-refractivity contribution in [3.05, 3.63) is 28.8 Å². The molecule has 5 heteroatoms. The first-order valence-corrected chi connectivity index (χ1v) is 16.4. The second-order valence-corrected chi connectivity index (χ2v) is 18.2. The van der Waals surface area contributed by atoms with E-state index in [4.69, 9.17) is 16.0 Å². The number of rotatable bonds is 11. The molecule has 0 bridgehead atoms. The Labute approximate surface area is 173 Å². The Hall–Kier alpha value is -0.556. The van der Waals surface area contributed by atoms with E-state index in [1.807, 2.05) is 6.07 Å². The summed E-state index contributed by atoms with van der Waals surface area (Å²) < 4.78 is 6.61. The van der Waals surface area contributed by atoms with Gasteiger partial charge in [0, 0.05) is 27.8 Å². The van der Waals surface area contributed by atoms with Crippen molar-refractivity contribution in [1.29, 1.82) is 0 Å². The third kappa shape index (κ3) is 4.55. The van der Waals surface area contributed by atoms with Crippen molar-refractivity contribution in [2.75, 3.05) is 6.61 Å². The van der Waals surface area contributed by atoms with Gasteiger partial charge < -0.3 is 9.41 Å². The van der Waals surface area contributed by atoms with Gasteiger partial charge in [-0.25, -0.2) is 0 Å². The Morgan fingerprint density at radius 1 is 0.889 bits per heavy atom. The Morgan fingerprint density at radius 3 is 2.00 bits per heavy atom. The SMILES string of the molecule is CC[Si](CC)(CC)OCCc1c([Si](CC)(CC)CC)[nH]c2ccc(Cl)cc12. The minimum atomic E-state index is -1.54. The second kappa shape index (κ2) is 9.77. The van der Waals surface area contributed by atoms with Crippen molar-refractivity contribution in [2.24, 2.45) is 0 Å². The molecule has 27 heavy (non-hydrogen) atoms. The number of aromatic nitrogens is 1. The summed E-state index contributed by atoms with van der Waals surface area (Å²) in [7, 11) is -3.04. The normalized spacial score (nSPS) is 12.9. The molecule has 0 aliphatic carbocycles. The van der Waals surface area contributed by atoms with Gasteiger partial charge in [0.2, 0.25) is 0 Å². The fourth-order valence-corrected chi connectivity index (χ4v) is 11.3. The number of aromatic amines is 1. The van der Waals surface area contributed by atoms with Crippen molar-refractivity contribution >= 4 is 44.2 Å². The number of fused-ring (bicyclic) bond motifs is 1. The zero-order valence-corrected chi connectivity index (χ0v) is 20.9. The van der Waals surface area contributed by atoms with Crippen molar-refractivity contribution in [1.82, 2.24) is 4.98 Å². The highest BCUT2D eigenvalue weighted by Gasteiger charge is 2.34. The predicted molar refractivity (Wildman–Crippen MR) is 127 cm³/mol. The summed E-state index contributed by atoms with van der Waals surface area (Å²) >= 11 is 6.36. The van der Waals surface area contributed by atoms with Crippen LogP contribution in [-0.2, 0) is 10.8 Å². The molecule has 2 aromatic rings. The lowest BCUT2D eigenvalue weighted by molar-refractivity contribution is 0.304. The highest BCUT2D eigenvalue weighted by Crippen LogP contribution is 2.29. The molecular formula is C22H38ClNOSi2. The van der Waals surface area contributed by atoms with Gasteiger partial charge in [0.15, 0.2) is 8.32 Å². The number of nitrogens with one attached hydrogen (secondary N) is 1. The van der Waals surface area contributed by atoms with Gasteiger partial charge in [0.05, 0.1) is 0 Å². The van der Waals surface area contributed by atoms with Crippen LogP contribution in [0.4, 0.5) is 0 Å². The van der Waals surface area contributed by atoms with Gasteiger partial charge in [0.25, 0.3) is 0 Å². The highest BCUT2D eigenvalue weighted by atomic mass is 35.5. The molecular weight excluding hydrogens is 386 g/mol. The number of hydrogen-bond acceptors (Lipinski definition) is 1. The van der Waals surface area contributed by atoms with Crippen LogP contribution in [0.2, 0.25) is 41.3 Å². The van der Waals surface area contributed by atoms with Crippen molar-refractivity contribution in [3.63, 3.8) is 0 Å². The van der Waals surface area contributed by atoms with Crippen LogP contribution in [0.3, 0.4) is 0 Å². The molecule has 0 aliphatic rings. The third-order valence-corrected chi connectivity index (χ3v) is 17.6. The first-order valence-electron chi connectivity index (χ1n) is 10.9. The van der Waals surface area contributed by atoms with Crippen LogP contribution in [0.1, 0.15) is 47.1 Å². The molecule has 0 unspecified atom stereocenters. The van der Waals surface area contributed by atoms with Crippen LogP contribution in [0, 0.1) is 0 Å². The first-order chi connectivity index (χ1) is 12.9. The Bertz CT molecular complexity index is 719. The maximum absolute atomic E-state index is 6.61. The molecule has 152 valence electrons. The summed E-state index contributed by atoms with van der Waals surface area (Å²) in [6.45, 7) is 14.9. The lowest BCUT2D eigenvalue weighted by Crippen LogP contribution is -2.48. The molecule has 0 saturated carbocycles. The van der Waals surface area contributed by atoms with E-state index in [-0.39, 0.29) is 0 Å². The minimum absolute atomic E-state index is 0.825. The molecule has 0 radical (unpaired) electrons. The quantitative estimate of drug-likeness (QED) is 0.383. The zero-order valence-electron chi connectivity index (χ0n) is 18.2. The minimum Gasteiger partial charge on any atom is -0.416 e. The Kier molecular flexibility index (Phi) is 8.23. The highest BCUT2D eigenvalue weighted by molar-refractivity contribution is 6.91. The number of benzene rings is 1. The summed E-state index contributed by atoms with van der Waals surface area (Å²) in [6.07, 6.45) is 0.999. The molecule has 1 heterocycles. The maximum atomic E-state index is 6.61. The van der Waals surface area contributed by atoms with E-state index in [0.29, 0.717) is 0 Å². The van der Waals surface area contributed by atoms with Gasteiger partial charge in [0.1, 0.15) is 8.07 Å². The predicted octanol–water partition coefficient (Wildman–Crippen LogP) is 7.10. The van der Waals surface area contributed by atoms with E-state index >= 15 is 0 Å². The molecule has 1 aromatic heterocycles. The lowest BCUT2D eigenvalue weighted by Gasteiger charge is -2.30. The molecule has 0 fully saturated rings. The van der Waals surface area contributed by atoms with E-state index in [2.05, 4.69) is 58.7 Å². The van der Waals surface area contributed by atoms with Crippen LogP contribution in [0.15, 0.2) is 18.2 Å². The molecule has 0 saturated heterocycles. The molecule has 0 aliphatic heterocycles. The molecule has 0 atom stereocenters. The molecule has 2 rings (SSSR count). The summed E-state index contributed by atoms with van der Waals surface area (Å²) in [5.74, 6) is 0. The van der Waals surface area contributed by atoms with Crippen LogP contribution in [0.25, 0.3) is 10.9 Å². The fourth-order valence-electron chi connectivity index (χ4n) is 4.64. The van der Waals surface area contributed by atoms with E-state index in [1.54, 1.807) is 5.32 Å². The largest absolute Gasteiger partial charge is 0.416 e. The second-order valence-electron chi connectivity index (χ2n) is 7.85. The van der Waals surface area contributed by atoms with Gasteiger partial charge >= 0.3 is 0 Å². The van der Waals surface area contributed by atoms with Gasteiger partial charge in [-0.1, -0.05) is 71.3 Å². The maximum Gasteiger partial charge on any atom is 0.191 e.